The van der Waals surface area contributed by atoms with Gasteiger partial charge in [0.2, 0.25) is 0 Å². The van der Waals surface area contributed by atoms with Crippen molar-refractivity contribution in [3.8, 4) is 0 Å². The zero-order valence-electron chi connectivity index (χ0n) is 13.0. The lowest BCUT2D eigenvalue weighted by atomic mass is 10.1. The monoisotopic (exact) mass is 425 g/mol. The zero-order chi connectivity index (χ0) is 17.0. The highest BCUT2D eigenvalue weighted by molar-refractivity contribution is 14.1. The third-order valence-corrected chi connectivity index (χ3v) is 3.98. The molecule has 0 bridgehead atoms. The van der Waals surface area contributed by atoms with Gasteiger partial charge in [0.25, 0.3) is 0 Å². The molecule has 0 amide bonds. The quantitative estimate of drug-likeness (QED) is 0.551. The summed E-state index contributed by atoms with van der Waals surface area (Å²) in [5.41, 5.74) is 2.01. The molecule has 0 radical (unpaired) electrons. The first kappa shape index (κ1) is 17.3. The van der Waals surface area contributed by atoms with Crippen LogP contribution in [0.4, 0.5) is 5.69 Å². The lowest BCUT2D eigenvalue weighted by molar-refractivity contribution is -0.139. The number of carbonyl (C=O) groups excluding carboxylic acids is 2. The predicted molar refractivity (Wildman–Crippen MR) is 95.7 cm³/mol. The molecule has 0 N–H and O–H groups in total. The van der Waals surface area contributed by atoms with E-state index in [-0.39, 0.29) is 11.3 Å². The number of nitrogens with zero attached hydrogens (tertiary/aromatic N) is 1. The van der Waals surface area contributed by atoms with E-state index >= 15 is 0 Å². The van der Waals surface area contributed by atoms with Crippen LogP contribution in [0.2, 0.25) is 0 Å². The van der Waals surface area contributed by atoms with Gasteiger partial charge < -0.3 is 14.4 Å². The number of allylic oxidation sites excluding steroid dienone is 2. The summed E-state index contributed by atoms with van der Waals surface area (Å²) in [6.07, 6.45) is 6.68. The van der Waals surface area contributed by atoms with Crippen molar-refractivity contribution >= 4 is 40.2 Å². The molecule has 0 fully saturated rings. The maximum Gasteiger partial charge on any atom is 0.355 e. The normalized spacial score (nSPS) is 13.8. The lowest BCUT2D eigenvalue weighted by Crippen LogP contribution is -2.27. The van der Waals surface area contributed by atoms with Crippen LogP contribution >= 0.6 is 22.6 Å². The minimum Gasteiger partial charge on any atom is -0.465 e. The highest BCUT2D eigenvalue weighted by Gasteiger charge is 2.27. The molecule has 0 unspecified atom stereocenters. The van der Waals surface area contributed by atoms with E-state index in [4.69, 9.17) is 9.47 Å². The number of benzene rings is 1. The van der Waals surface area contributed by atoms with Crippen LogP contribution in [0.1, 0.15) is 5.56 Å². The predicted octanol–water partition coefficient (Wildman–Crippen LogP) is 3.09. The summed E-state index contributed by atoms with van der Waals surface area (Å²) in [5, 5.41) is 0. The van der Waals surface area contributed by atoms with Gasteiger partial charge in [-0.3, -0.25) is 0 Å². The van der Waals surface area contributed by atoms with Crippen LogP contribution < -0.4 is 4.90 Å². The maximum absolute atomic E-state index is 12.3. The van der Waals surface area contributed by atoms with Crippen molar-refractivity contribution in [3.63, 3.8) is 0 Å². The van der Waals surface area contributed by atoms with Crippen molar-refractivity contribution < 1.29 is 19.1 Å². The van der Waals surface area contributed by atoms with E-state index in [0.29, 0.717) is 0 Å². The average Bonchev–Trinajstić information content (AvgIpc) is 2.76. The van der Waals surface area contributed by atoms with Crippen LogP contribution in [-0.4, -0.2) is 26.2 Å². The average molecular weight is 425 g/mol. The van der Waals surface area contributed by atoms with Crippen molar-refractivity contribution in [1.82, 2.24) is 0 Å². The summed E-state index contributed by atoms with van der Waals surface area (Å²) in [6.45, 7) is 1.94. The summed E-state index contributed by atoms with van der Waals surface area (Å²) >= 11 is 2.22. The van der Waals surface area contributed by atoms with Crippen LogP contribution in [0, 0.1) is 10.5 Å². The number of hydrogen-bond donors (Lipinski definition) is 0. The van der Waals surface area contributed by atoms with Gasteiger partial charge in [-0.05, 0) is 65.4 Å². The van der Waals surface area contributed by atoms with E-state index in [1.807, 2.05) is 25.1 Å². The molecular weight excluding hydrogens is 409 g/mol. The molecule has 23 heavy (non-hydrogen) atoms. The standard InChI is InChI=1S/C17H16INO4/c1-11-10-12(18)7-8-14(11)19-9-5-4-6-13(16(20)22-2)15(19)17(21)23-3/h4-10H,1-3H3. The number of esters is 2. The highest BCUT2D eigenvalue weighted by Crippen LogP contribution is 2.29. The van der Waals surface area contributed by atoms with Crippen molar-refractivity contribution in [2.75, 3.05) is 19.1 Å². The summed E-state index contributed by atoms with van der Waals surface area (Å²) in [7, 11) is 2.55. The van der Waals surface area contributed by atoms with E-state index in [1.165, 1.54) is 20.3 Å². The Morgan fingerprint density at radius 3 is 2.39 bits per heavy atom. The number of aryl methyl sites for hydroxylation is 1. The number of rotatable bonds is 3. The fraction of sp³-hybridized carbons (Fsp3) is 0.176. The molecule has 5 nitrogen and oxygen atoms in total. The smallest absolute Gasteiger partial charge is 0.355 e. The van der Waals surface area contributed by atoms with Gasteiger partial charge >= 0.3 is 11.9 Å². The maximum atomic E-state index is 12.3. The third-order valence-electron chi connectivity index (χ3n) is 3.31. The molecule has 1 aliphatic rings. The second-order valence-corrected chi connectivity index (χ2v) is 5.99. The van der Waals surface area contributed by atoms with E-state index < -0.39 is 11.9 Å². The van der Waals surface area contributed by atoms with Crippen LogP contribution in [0.15, 0.2) is 53.9 Å². The third kappa shape index (κ3) is 3.64. The molecule has 1 aliphatic heterocycles. The number of hydrogen-bond acceptors (Lipinski definition) is 5. The summed E-state index contributed by atoms with van der Waals surface area (Å²) in [4.78, 5) is 26.0. The lowest BCUT2D eigenvalue weighted by Gasteiger charge is -2.24. The van der Waals surface area contributed by atoms with E-state index in [0.717, 1.165) is 14.8 Å². The molecule has 1 aromatic rings. The Kier molecular flexibility index (Phi) is 5.59. The largest absolute Gasteiger partial charge is 0.465 e. The minimum atomic E-state index is -0.612. The first-order chi connectivity index (χ1) is 11.0. The summed E-state index contributed by atoms with van der Waals surface area (Å²) in [5.74, 6) is -1.21. The van der Waals surface area contributed by atoms with Crippen molar-refractivity contribution in [2.45, 2.75) is 6.92 Å². The number of halogens is 1. The van der Waals surface area contributed by atoms with Gasteiger partial charge in [-0.2, -0.15) is 0 Å². The van der Waals surface area contributed by atoms with Gasteiger partial charge in [-0.15, -0.1) is 0 Å². The zero-order valence-corrected chi connectivity index (χ0v) is 15.2. The molecule has 0 spiro atoms. The van der Waals surface area contributed by atoms with Crippen LogP contribution in [0.3, 0.4) is 0 Å². The molecule has 0 saturated heterocycles. The Balaban J connectivity index is 2.68. The van der Waals surface area contributed by atoms with Gasteiger partial charge in [-0.25, -0.2) is 9.59 Å². The summed E-state index contributed by atoms with van der Waals surface area (Å²) < 4.78 is 10.7. The second kappa shape index (κ2) is 7.45. The van der Waals surface area contributed by atoms with Gasteiger partial charge in [0.1, 0.15) is 5.70 Å². The van der Waals surface area contributed by atoms with E-state index in [1.54, 1.807) is 23.3 Å². The van der Waals surface area contributed by atoms with Crippen molar-refractivity contribution in [2.24, 2.45) is 0 Å². The van der Waals surface area contributed by atoms with E-state index in [2.05, 4.69) is 22.6 Å². The molecule has 0 atom stereocenters. The molecule has 6 heteroatoms. The Labute approximate surface area is 148 Å². The minimum absolute atomic E-state index is 0.119. The molecule has 0 aliphatic carbocycles. The molecule has 2 rings (SSSR count). The Hall–Kier alpha value is -2.09. The first-order valence-corrected chi connectivity index (χ1v) is 7.88. The highest BCUT2D eigenvalue weighted by atomic mass is 127. The molecule has 0 aromatic heterocycles. The Morgan fingerprint density at radius 1 is 1.09 bits per heavy atom. The van der Waals surface area contributed by atoms with Gasteiger partial charge in [0.15, 0.2) is 0 Å². The van der Waals surface area contributed by atoms with Gasteiger partial charge in [0.05, 0.1) is 19.8 Å². The van der Waals surface area contributed by atoms with Crippen LogP contribution in [0.25, 0.3) is 0 Å². The number of methoxy groups -OCH3 is 2. The summed E-state index contributed by atoms with van der Waals surface area (Å²) in [6, 6.07) is 5.82. The van der Waals surface area contributed by atoms with E-state index in [9.17, 15) is 9.59 Å². The van der Waals surface area contributed by atoms with Crippen LogP contribution in [-0.2, 0) is 19.1 Å². The molecular formula is C17H16INO4. The molecule has 0 saturated carbocycles. The Bertz CT molecular complexity index is 734. The van der Waals surface area contributed by atoms with Crippen molar-refractivity contribution in [3.05, 3.63) is 63.0 Å². The first-order valence-electron chi connectivity index (χ1n) is 6.80. The number of anilines is 1. The second-order valence-electron chi connectivity index (χ2n) is 4.75. The fourth-order valence-corrected chi connectivity index (χ4v) is 2.89. The number of ether oxygens (including phenoxy) is 2. The van der Waals surface area contributed by atoms with Gasteiger partial charge in [0, 0.05) is 15.5 Å². The molecule has 120 valence electrons. The molecule has 1 heterocycles. The topological polar surface area (TPSA) is 55.8 Å². The van der Waals surface area contributed by atoms with Crippen LogP contribution in [0.5, 0.6) is 0 Å². The number of carbonyl (C=O) groups is 2. The van der Waals surface area contributed by atoms with Gasteiger partial charge in [-0.1, -0.05) is 6.08 Å². The Morgan fingerprint density at radius 2 is 1.78 bits per heavy atom. The fourth-order valence-electron chi connectivity index (χ4n) is 2.24. The van der Waals surface area contributed by atoms with Crippen molar-refractivity contribution in [1.29, 1.82) is 0 Å². The molecule has 1 aromatic carbocycles. The SMILES string of the molecule is COC(=O)C1=C(C(=O)OC)N(c2ccc(I)cc2C)C=CC=C1.